The van der Waals surface area contributed by atoms with Crippen molar-refractivity contribution < 1.29 is 4.79 Å². The molecule has 2 aromatic heterocycles. The molecule has 1 aliphatic heterocycles. The Morgan fingerprint density at radius 1 is 1.34 bits per heavy atom. The molecule has 4 rings (SSSR count). The average molecular weight is 478 g/mol. The summed E-state index contributed by atoms with van der Waals surface area (Å²) in [6, 6.07) is 4.13. The Morgan fingerprint density at radius 2 is 2.09 bits per heavy atom. The Morgan fingerprint density at radius 3 is 2.75 bits per heavy atom. The molecule has 172 valence electrons. The lowest BCUT2D eigenvalue weighted by Crippen LogP contribution is -2.39. The highest BCUT2D eigenvalue weighted by Crippen LogP contribution is 2.34. The molecule has 10 heteroatoms. The van der Waals surface area contributed by atoms with Crippen LogP contribution in [0, 0.1) is 0 Å². The van der Waals surface area contributed by atoms with Crippen LogP contribution in [-0.2, 0) is 19.0 Å². The molecule has 0 saturated carbocycles. The van der Waals surface area contributed by atoms with Crippen molar-refractivity contribution in [3.63, 3.8) is 0 Å². The van der Waals surface area contributed by atoms with E-state index >= 15 is 0 Å². The fourth-order valence-corrected chi connectivity index (χ4v) is 4.86. The maximum Gasteiger partial charge on any atom is 0.273 e. The second-order valence-electron chi connectivity index (χ2n) is 9.34. The fraction of sp³-hybridized carbons (Fsp3) is 0.500. The number of nitrogens with one attached hydrogen (secondary N) is 3. The summed E-state index contributed by atoms with van der Waals surface area (Å²) >= 11 is 12.9. The largest absolute Gasteiger partial charge is 0.361 e. The van der Waals surface area contributed by atoms with Gasteiger partial charge in [0, 0.05) is 37.1 Å². The lowest BCUT2D eigenvalue weighted by atomic mass is 9.86. The van der Waals surface area contributed by atoms with Gasteiger partial charge in [-0.3, -0.25) is 9.89 Å². The first-order chi connectivity index (χ1) is 15.1. The van der Waals surface area contributed by atoms with E-state index in [9.17, 15) is 4.79 Å². The molecule has 0 radical (unpaired) electrons. The predicted octanol–water partition coefficient (Wildman–Crippen LogP) is 3.95. The van der Waals surface area contributed by atoms with E-state index in [1.165, 1.54) is 0 Å². The number of fused-ring (bicyclic) bond motifs is 1. The third kappa shape index (κ3) is 4.19. The second kappa shape index (κ2) is 8.57. The van der Waals surface area contributed by atoms with Gasteiger partial charge in [0.1, 0.15) is 11.5 Å². The standard InChI is InChI=1S/C22H29Cl2N7O/c1-22(2,3)14-8-13-16(9-15(14)23)28-29-20(13)26-11-17-27-19(24)18(31(17)5)21(32)30(4)12-6-7-25-10-12/h8-9,12,25H,6-7,10-11H2,1-5H3,(H2,26,28,29)/t12-/m0/s1. The molecule has 0 spiro atoms. The number of hydrogen-bond donors (Lipinski definition) is 3. The molecule has 1 aromatic carbocycles. The molecular formula is C22H29Cl2N7O. The quantitative estimate of drug-likeness (QED) is 0.517. The Bertz CT molecular complexity index is 1160. The number of nitrogens with zero attached hydrogens (tertiary/aromatic N) is 4. The highest BCUT2D eigenvalue weighted by molar-refractivity contribution is 6.32. The highest BCUT2D eigenvalue weighted by atomic mass is 35.5. The SMILES string of the molecule is CN(C(=O)c1c(Cl)nc(CNc2n[nH]c3cc(Cl)c(C(C)(C)C)cc23)n1C)[C@H]1CCNC1. The van der Waals surface area contributed by atoms with Gasteiger partial charge in [-0.05, 0) is 36.1 Å². The number of H-pyrrole nitrogens is 1. The van der Waals surface area contributed by atoms with E-state index in [4.69, 9.17) is 23.2 Å². The van der Waals surface area contributed by atoms with Crippen molar-refractivity contribution in [2.75, 3.05) is 25.5 Å². The molecule has 1 atom stereocenters. The summed E-state index contributed by atoms with van der Waals surface area (Å²) in [5.41, 5.74) is 2.20. The van der Waals surface area contributed by atoms with E-state index < -0.39 is 0 Å². The van der Waals surface area contributed by atoms with Gasteiger partial charge in [-0.25, -0.2) is 4.98 Å². The molecule has 1 amide bonds. The number of imidazole rings is 1. The zero-order valence-electron chi connectivity index (χ0n) is 19.0. The molecule has 1 saturated heterocycles. The van der Waals surface area contributed by atoms with E-state index in [0.29, 0.717) is 28.9 Å². The number of carbonyl (C=O) groups excluding carboxylic acids is 1. The average Bonchev–Trinajstić information content (AvgIpc) is 3.44. The zero-order valence-corrected chi connectivity index (χ0v) is 20.5. The molecular weight excluding hydrogens is 449 g/mol. The maximum atomic E-state index is 13.1. The third-order valence-electron chi connectivity index (χ3n) is 6.12. The predicted molar refractivity (Wildman–Crippen MR) is 129 cm³/mol. The van der Waals surface area contributed by atoms with Crippen LogP contribution in [0.3, 0.4) is 0 Å². The Kier molecular flexibility index (Phi) is 6.13. The summed E-state index contributed by atoms with van der Waals surface area (Å²) < 4.78 is 1.75. The third-order valence-corrected chi connectivity index (χ3v) is 6.70. The van der Waals surface area contributed by atoms with Crippen LogP contribution in [0.5, 0.6) is 0 Å². The summed E-state index contributed by atoms with van der Waals surface area (Å²) in [5.74, 6) is 1.22. The summed E-state index contributed by atoms with van der Waals surface area (Å²) in [6.45, 7) is 8.45. The van der Waals surface area contributed by atoms with Gasteiger partial charge in [0.05, 0.1) is 12.1 Å². The molecule has 8 nitrogen and oxygen atoms in total. The first-order valence-corrected chi connectivity index (χ1v) is 11.4. The summed E-state index contributed by atoms with van der Waals surface area (Å²) in [4.78, 5) is 19.2. The van der Waals surface area contributed by atoms with Crippen molar-refractivity contribution in [1.82, 2.24) is 30.0 Å². The van der Waals surface area contributed by atoms with Gasteiger partial charge in [-0.1, -0.05) is 44.0 Å². The van der Waals surface area contributed by atoms with E-state index in [0.717, 1.165) is 36.0 Å². The monoisotopic (exact) mass is 477 g/mol. The molecule has 32 heavy (non-hydrogen) atoms. The number of hydrogen-bond acceptors (Lipinski definition) is 5. The van der Waals surface area contributed by atoms with Crippen molar-refractivity contribution >= 4 is 45.8 Å². The fourth-order valence-electron chi connectivity index (χ4n) is 4.11. The van der Waals surface area contributed by atoms with Gasteiger partial charge >= 0.3 is 0 Å². The van der Waals surface area contributed by atoms with Crippen LogP contribution < -0.4 is 10.6 Å². The normalized spacial score (nSPS) is 16.7. The van der Waals surface area contributed by atoms with Gasteiger partial charge in [0.2, 0.25) is 0 Å². The van der Waals surface area contributed by atoms with Crippen molar-refractivity contribution in [2.24, 2.45) is 7.05 Å². The molecule has 0 bridgehead atoms. The Hall–Kier alpha value is -2.29. The molecule has 3 heterocycles. The first kappa shape index (κ1) is 22.9. The maximum absolute atomic E-state index is 13.1. The Balaban J connectivity index is 1.56. The molecule has 0 unspecified atom stereocenters. The smallest absolute Gasteiger partial charge is 0.273 e. The van der Waals surface area contributed by atoms with Crippen molar-refractivity contribution in [3.8, 4) is 0 Å². The summed E-state index contributed by atoms with van der Waals surface area (Å²) in [7, 11) is 3.62. The van der Waals surface area contributed by atoms with Crippen LogP contribution in [-0.4, -0.2) is 56.7 Å². The summed E-state index contributed by atoms with van der Waals surface area (Å²) in [6.07, 6.45) is 0.929. The van der Waals surface area contributed by atoms with E-state index in [1.807, 2.05) is 20.2 Å². The number of rotatable bonds is 5. The minimum Gasteiger partial charge on any atom is -0.361 e. The minimum atomic E-state index is -0.125. The number of benzene rings is 1. The lowest BCUT2D eigenvalue weighted by Gasteiger charge is -2.24. The van der Waals surface area contributed by atoms with Gasteiger partial charge < -0.3 is 20.1 Å². The molecule has 1 aliphatic rings. The molecule has 3 N–H and O–H groups in total. The van der Waals surface area contributed by atoms with Crippen molar-refractivity contribution in [1.29, 1.82) is 0 Å². The number of amides is 1. The number of anilines is 1. The van der Waals surface area contributed by atoms with Crippen LogP contribution in [0.2, 0.25) is 10.2 Å². The van der Waals surface area contributed by atoms with Crippen molar-refractivity contribution in [3.05, 3.63) is 39.4 Å². The number of likely N-dealkylation sites (N-methyl/N-ethyl adjacent to an activating group) is 1. The van der Waals surface area contributed by atoms with Crippen LogP contribution in [0.25, 0.3) is 10.9 Å². The van der Waals surface area contributed by atoms with E-state index in [-0.39, 0.29) is 22.5 Å². The second-order valence-corrected chi connectivity index (χ2v) is 10.1. The number of aromatic amines is 1. The topological polar surface area (TPSA) is 90.9 Å². The van der Waals surface area contributed by atoms with Crippen LogP contribution in [0.15, 0.2) is 12.1 Å². The highest BCUT2D eigenvalue weighted by Gasteiger charge is 2.29. The van der Waals surface area contributed by atoms with Crippen LogP contribution in [0.4, 0.5) is 5.82 Å². The van der Waals surface area contributed by atoms with Gasteiger partial charge in [-0.15, -0.1) is 0 Å². The molecule has 0 aliphatic carbocycles. The van der Waals surface area contributed by atoms with E-state index in [2.05, 4.69) is 52.7 Å². The number of halogens is 2. The van der Waals surface area contributed by atoms with Gasteiger partial charge in [0.25, 0.3) is 5.91 Å². The van der Waals surface area contributed by atoms with Crippen molar-refractivity contribution in [2.45, 2.75) is 45.2 Å². The zero-order chi connectivity index (χ0) is 23.2. The Labute approximate surface area is 197 Å². The minimum absolute atomic E-state index is 0.0941. The number of aromatic nitrogens is 4. The molecule has 1 fully saturated rings. The van der Waals surface area contributed by atoms with Crippen LogP contribution >= 0.6 is 23.2 Å². The van der Waals surface area contributed by atoms with Crippen LogP contribution in [0.1, 0.15) is 49.1 Å². The summed E-state index contributed by atoms with van der Waals surface area (Å²) in [5, 5.41) is 15.9. The van der Waals surface area contributed by atoms with Gasteiger partial charge in [0.15, 0.2) is 11.0 Å². The van der Waals surface area contributed by atoms with E-state index in [1.54, 1.807) is 9.47 Å². The van der Waals surface area contributed by atoms with Gasteiger partial charge in [-0.2, -0.15) is 5.10 Å². The number of carbonyl (C=O) groups is 1. The molecule has 3 aromatic rings. The lowest BCUT2D eigenvalue weighted by molar-refractivity contribution is 0.0734. The first-order valence-electron chi connectivity index (χ1n) is 10.7.